The number of benzene rings is 1. The second kappa shape index (κ2) is 7.56. The van der Waals surface area contributed by atoms with Crippen molar-refractivity contribution in [3.63, 3.8) is 0 Å². The van der Waals surface area contributed by atoms with Gasteiger partial charge in [0.2, 0.25) is 17.7 Å². The molecule has 1 fully saturated rings. The zero-order valence-electron chi connectivity index (χ0n) is 14.5. The van der Waals surface area contributed by atoms with Crippen LogP contribution in [0, 0.1) is 0 Å². The van der Waals surface area contributed by atoms with E-state index >= 15 is 0 Å². The summed E-state index contributed by atoms with van der Waals surface area (Å²) in [5, 5.41) is 13.6. The molecule has 0 saturated carbocycles. The largest absolute Gasteiger partial charge is 0.481 e. The number of nitrogens with one attached hydrogen (secondary N) is 2. The maximum atomic E-state index is 12.8. The summed E-state index contributed by atoms with van der Waals surface area (Å²) in [6, 6.07) is 4.12. The molecule has 2 heterocycles. The van der Waals surface area contributed by atoms with Gasteiger partial charge in [-0.05, 0) is 25.0 Å². The fraction of sp³-hybridized carbons (Fsp3) is 0.389. The molecule has 2 aliphatic rings. The monoisotopic (exact) mass is 373 g/mol. The summed E-state index contributed by atoms with van der Waals surface area (Å²) in [5.74, 6) is -2.71. The standard InChI is InChI=1S/C18H19N3O6/c22-14-6-2-5-13(17(26)20-14)21-9-11-10(18(21)27)3-1-4-12(11)19-15(23)7-8-16(24)25/h1,3-4,13H,2,5-9H2,(H,19,23)(H,24,25)(H,20,22,26)/t13-/m0/s1. The first-order chi connectivity index (χ1) is 12.9. The van der Waals surface area contributed by atoms with Crippen LogP contribution >= 0.6 is 0 Å². The molecule has 3 N–H and O–H groups in total. The molecule has 1 atom stereocenters. The van der Waals surface area contributed by atoms with Crippen molar-refractivity contribution in [3.05, 3.63) is 29.3 Å². The van der Waals surface area contributed by atoms with Crippen LogP contribution < -0.4 is 10.6 Å². The number of carboxylic acids is 1. The van der Waals surface area contributed by atoms with Crippen LogP contribution in [0.15, 0.2) is 18.2 Å². The van der Waals surface area contributed by atoms with Gasteiger partial charge in [-0.15, -0.1) is 0 Å². The van der Waals surface area contributed by atoms with E-state index in [1.807, 2.05) is 0 Å². The summed E-state index contributed by atoms with van der Waals surface area (Å²) < 4.78 is 0. The molecule has 4 amide bonds. The number of aliphatic carboxylic acids is 1. The minimum atomic E-state index is -1.07. The molecular weight excluding hydrogens is 354 g/mol. The summed E-state index contributed by atoms with van der Waals surface area (Å²) in [4.78, 5) is 60.5. The number of imide groups is 1. The van der Waals surface area contributed by atoms with Crippen LogP contribution in [-0.2, 0) is 25.7 Å². The lowest BCUT2D eigenvalue weighted by Gasteiger charge is -2.24. The highest BCUT2D eigenvalue weighted by molar-refractivity contribution is 6.06. The smallest absolute Gasteiger partial charge is 0.303 e. The van der Waals surface area contributed by atoms with E-state index in [1.165, 1.54) is 4.90 Å². The van der Waals surface area contributed by atoms with Crippen LogP contribution in [0.5, 0.6) is 0 Å². The van der Waals surface area contributed by atoms with Gasteiger partial charge in [0.1, 0.15) is 6.04 Å². The molecule has 9 nitrogen and oxygen atoms in total. The van der Waals surface area contributed by atoms with E-state index < -0.39 is 23.8 Å². The van der Waals surface area contributed by atoms with Crippen molar-refractivity contribution >= 4 is 35.3 Å². The predicted octanol–water partition coefficient (Wildman–Crippen LogP) is 0.641. The lowest BCUT2D eigenvalue weighted by molar-refractivity contribution is -0.138. The molecule has 1 aromatic carbocycles. The zero-order valence-corrected chi connectivity index (χ0v) is 14.5. The van der Waals surface area contributed by atoms with E-state index in [4.69, 9.17) is 5.11 Å². The van der Waals surface area contributed by atoms with Crippen molar-refractivity contribution in [2.24, 2.45) is 0 Å². The average molecular weight is 373 g/mol. The molecule has 0 aromatic heterocycles. The quantitative estimate of drug-likeness (QED) is 0.649. The Balaban J connectivity index is 1.78. The molecule has 142 valence electrons. The number of carbonyl (C=O) groups excluding carboxylic acids is 4. The van der Waals surface area contributed by atoms with Gasteiger partial charge in [0.15, 0.2) is 0 Å². The van der Waals surface area contributed by atoms with Gasteiger partial charge in [-0.1, -0.05) is 6.07 Å². The van der Waals surface area contributed by atoms with Gasteiger partial charge in [-0.2, -0.15) is 0 Å². The Kier molecular flexibility index (Phi) is 5.20. The van der Waals surface area contributed by atoms with Crippen LogP contribution in [0.4, 0.5) is 5.69 Å². The van der Waals surface area contributed by atoms with Gasteiger partial charge >= 0.3 is 5.97 Å². The van der Waals surface area contributed by atoms with Gasteiger partial charge in [0.25, 0.3) is 5.91 Å². The molecule has 1 aromatic rings. The Labute approximate surface area is 154 Å². The Morgan fingerprint density at radius 3 is 2.74 bits per heavy atom. The number of amides is 4. The Morgan fingerprint density at radius 2 is 2.00 bits per heavy atom. The summed E-state index contributed by atoms with van der Waals surface area (Å²) in [6.07, 6.45) is 0.660. The Morgan fingerprint density at radius 1 is 1.22 bits per heavy atom. The molecule has 1 saturated heterocycles. The van der Waals surface area contributed by atoms with Crippen LogP contribution in [0.1, 0.15) is 48.0 Å². The summed E-state index contributed by atoms with van der Waals surface area (Å²) in [6.45, 7) is 0.135. The maximum absolute atomic E-state index is 12.8. The van der Waals surface area contributed by atoms with Gasteiger partial charge in [0.05, 0.1) is 6.42 Å². The SMILES string of the molecule is O=C(O)CCC(=O)Nc1cccc2c1CN([C@H]1CCCC(=O)NC1=O)C2=O. The van der Waals surface area contributed by atoms with E-state index in [1.54, 1.807) is 18.2 Å². The van der Waals surface area contributed by atoms with Crippen LogP contribution in [0.3, 0.4) is 0 Å². The number of hydrogen-bond donors (Lipinski definition) is 3. The minimum absolute atomic E-state index is 0.135. The Bertz CT molecular complexity index is 834. The number of nitrogens with zero attached hydrogens (tertiary/aromatic N) is 1. The van der Waals surface area contributed by atoms with Crippen molar-refractivity contribution < 1.29 is 29.1 Å². The number of hydrogen-bond acceptors (Lipinski definition) is 5. The molecule has 0 aliphatic carbocycles. The lowest BCUT2D eigenvalue weighted by atomic mass is 10.1. The minimum Gasteiger partial charge on any atom is -0.481 e. The van der Waals surface area contributed by atoms with Gasteiger partial charge in [0, 0.05) is 36.2 Å². The van der Waals surface area contributed by atoms with Crippen LogP contribution in [-0.4, -0.2) is 45.6 Å². The zero-order chi connectivity index (χ0) is 19.6. The third-order valence-electron chi connectivity index (χ3n) is 4.66. The highest BCUT2D eigenvalue weighted by Gasteiger charge is 2.38. The second-order valence-corrected chi connectivity index (χ2v) is 6.53. The number of fused-ring (bicyclic) bond motifs is 1. The summed E-state index contributed by atoms with van der Waals surface area (Å²) in [5.41, 5.74) is 1.38. The number of anilines is 1. The fourth-order valence-corrected chi connectivity index (χ4v) is 3.32. The molecule has 0 unspecified atom stereocenters. The van der Waals surface area contributed by atoms with E-state index in [0.29, 0.717) is 29.7 Å². The highest BCUT2D eigenvalue weighted by Crippen LogP contribution is 2.32. The van der Waals surface area contributed by atoms with Crippen LogP contribution in [0.2, 0.25) is 0 Å². The van der Waals surface area contributed by atoms with Gasteiger partial charge in [-0.25, -0.2) is 0 Å². The van der Waals surface area contributed by atoms with E-state index in [9.17, 15) is 24.0 Å². The Hall–Kier alpha value is -3.23. The van der Waals surface area contributed by atoms with E-state index in [2.05, 4.69) is 10.6 Å². The third-order valence-corrected chi connectivity index (χ3v) is 4.66. The number of carboxylic acid groups (broad SMARTS) is 1. The lowest BCUT2D eigenvalue weighted by Crippen LogP contribution is -2.46. The predicted molar refractivity (Wildman–Crippen MR) is 92.6 cm³/mol. The molecule has 0 bridgehead atoms. The van der Waals surface area contributed by atoms with Gasteiger partial charge in [-0.3, -0.25) is 29.3 Å². The number of carbonyl (C=O) groups is 5. The molecule has 0 radical (unpaired) electrons. The fourth-order valence-electron chi connectivity index (χ4n) is 3.32. The molecule has 2 aliphatic heterocycles. The van der Waals surface area contributed by atoms with Crippen molar-refractivity contribution in [2.45, 2.75) is 44.7 Å². The normalized spacial score (nSPS) is 19.3. The molecular formula is C18H19N3O6. The van der Waals surface area contributed by atoms with Crippen molar-refractivity contribution in [1.82, 2.24) is 10.2 Å². The second-order valence-electron chi connectivity index (χ2n) is 6.53. The first kappa shape index (κ1) is 18.6. The van der Waals surface area contributed by atoms with E-state index in [0.717, 1.165) is 0 Å². The molecule has 9 heteroatoms. The topological polar surface area (TPSA) is 133 Å². The first-order valence-electron chi connectivity index (χ1n) is 8.65. The van der Waals surface area contributed by atoms with Crippen molar-refractivity contribution in [2.75, 3.05) is 5.32 Å². The molecule has 3 rings (SSSR count). The maximum Gasteiger partial charge on any atom is 0.303 e. The third kappa shape index (κ3) is 3.97. The number of rotatable bonds is 5. The first-order valence-corrected chi connectivity index (χ1v) is 8.65. The summed E-state index contributed by atoms with van der Waals surface area (Å²) in [7, 11) is 0. The van der Waals surface area contributed by atoms with Gasteiger partial charge < -0.3 is 15.3 Å². The highest BCUT2D eigenvalue weighted by atomic mass is 16.4. The molecule has 0 spiro atoms. The van der Waals surface area contributed by atoms with Crippen molar-refractivity contribution in [1.29, 1.82) is 0 Å². The summed E-state index contributed by atoms with van der Waals surface area (Å²) >= 11 is 0. The molecule has 27 heavy (non-hydrogen) atoms. The van der Waals surface area contributed by atoms with E-state index in [-0.39, 0.29) is 37.6 Å². The average Bonchev–Trinajstić information content (AvgIpc) is 2.84. The van der Waals surface area contributed by atoms with Crippen LogP contribution in [0.25, 0.3) is 0 Å². The van der Waals surface area contributed by atoms with Crippen molar-refractivity contribution in [3.8, 4) is 0 Å².